The molecule has 1 amide bonds. The van der Waals surface area contributed by atoms with Gasteiger partial charge in [0.2, 0.25) is 5.91 Å². The van der Waals surface area contributed by atoms with Crippen LogP contribution in [0.25, 0.3) is 0 Å². The van der Waals surface area contributed by atoms with Crippen molar-refractivity contribution in [2.75, 3.05) is 7.05 Å². The molecule has 1 aliphatic carbocycles. The van der Waals surface area contributed by atoms with Gasteiger partial charge in [0.25, 0.3) is 0 Å². The normalized spacial score (nSPS) is 21.8. The van der Waals surface area contributed by atoms with E-state index in [1.54, 1.807) is 0 Å². The van der Waals surface area contributed by atoms with Gasteiger partial charge in [-0.1, -0.05) is 6.92 Å². The summed E-state index contributed by atoms with van der Waals surface area (Å²) in [6, 6.07) is -0.0796. The number of hydrogen-bond acceptors (Lipinski definition) is 2. The Morgan fingerprint density at radius 2 is 2.15 bits per heavy atom. The van der Waals surface area contributed by atoms with Crippen molar-refractivity contribution in [2.24, 2.45) is 0 Å². The fraction of sp³-hybridized carbons (Fsp3) is 0.900. The zero-order chi connectivity index (χ0) is 9.90. The second kappa shape index (κ2) is 4.09. The quantitative estimate of drug-likeness (QED) is 0.685. The van der Waals surface area contributed by atoms with Crippen molar-refractivity contribution in [2.45, 2.75) is 51.1 Å². The van der Waals surface area contributed by atoms with E-state index in [4.69, 9.17) is 0 Å². The number of nitrogens with one attached hydrogen (secondary N) is 2. The molecule has 2 N–H and O–H groups in total. The average molecular weight is 184 g/mol. The molecule has 1 atom stereocenters. The number of hydrogen-bond donors (Lipinski definition) is 2. The first kappa shape index (κ1) is 10.5. The molecule has 1 unspecified atom stereocenters. The Morgan fingerprint density at radius 1 is 1.54 bits per heavy atom. The predicted molar refractivity (Wildman–Crippen MR) is 53.5 cm³/mol. The molecule has 0 spiro atoms. The van der Waals surface area contributed by atoms with Crippen LogP contribution in [0, 0.1) is 0 Å². The van der Waals surface area contributed by atoms with E-state index in [1.807, 2.05) is 14.0 Å². The van der Waals surface area contributed by atoms with Gasteiger partial charge in [-0.15, -0.1) is 0 Å². The summed E-state index contributed by atoms with van der Waals surface area (Å²) in [5, 5.41) is 6.08. The molecule has 0 bridgehead atoms. The van der Waals surface area contributed by atoms with Crippen LogP contribution >= 0.6 is 0 Å². The zero-order valence-corrected chi connectivity index (χ0v) is 8.81. The molecule has 1 rings (SSSR count). The SMILES string of the molecule is CCC1(NC(=O)C(C)NC)CCC1. The van der Waals surface area contributed by atoms with Crippen molar-refractivity contribution in [1.29, 1.82) is 0 Å². The molecule has 0 aromatic carbocycles. The van der Waals surface area contributed by atoms with E-state index in [0.29, 0.717) is 0 Å². The van der Waals surface area contributed by atoms with Gasteiger partial charge >= 0.3 is 0 Å². The van der Waals surface area contributed by atoms with Crippen LogP contribution in [-0.4, -0.2) is 24.5 Å². The third-order valence-corrected chi connectivity index (χ3v) is 3.20. The van der Waals surface area contributed by atoms with Crippen LogP contribution in [0.1, 0.15) is 39.5 Å². The van der Waals surface area contributed by atoms with Crippen LogP contribution in [0.4, 0.5) is 0 Å². The second-order valence-electron chi connectivity index (χ2n) is 3.99. The Bertz CT molecular complexity index is 182. The summed E-state index contributed by atoms with van der Waals surface area (Å²) in [7, 11) is 1.81. The standard InChI is InChI=1S/C10H20N2O/c1-4-10(6-5-7-10)12-9(13)8(2)11-3/h8,11H,4-7H2,1-3H3,(H,12,13). The number of amides is 1. The van der Waals surface area contributed by atoms with Gasteiger partial charge in [0.1, 0.15) is 0 Å². The fourth-order valence-electron chi connectivity index (χ4n) is 1.67. The monoisotopic (exact) mass is 184 g/mol. The summed E-state index contributed by atoms with van der Waals surface area (Å²) in [5.74, 6) is 0.129. The van der Waals surface area contributed by atoms with Gasteiger partial charge in [-0.3, -0.25) is 4.79 Å². The van der Waals surface area contributed by atoms with Crippen LogP contribution in [0.15, 0.2) is 0 Å². The summed E-state index contributed by atoms with van der Waals surface area (Å²) >= 11 is 0. The molecule has 13 heavy (non-hydrogen) atoms. The number of likely N-dealkylation sites (N-methyl/N-ethyl adjacent to an activating group) is 1. The van der Waals surface area contributed by atoms with Crippen LogP contribution in [-0.2, 0) is 4.79 Å². The minimum absolute atomic E-state index is 0.0796. The van der Waals surface area contributed by atoms with Crippen molar-refractivity contribution >= 4 is 5.91 Å². The highest BCUT2D eigenvalue weighted by molar-refractivity contribution is 5.82. The summed E-state index contributed by atoms with van der Waals surface area (Å²) in [6.07, 6.45) is 4.59. The Balaban J connectivity index is 2.42. The first-order valence-corrected chi connectivity index (χ1v) is 5.13. The lowest BCUT2D eigenvalue weighted by atomic mass is 9.74. The predicted octanol–water partition coefficient (Wildman–Crippen LogP) is 1.04. The second-order valence-corrected chi connectivity index (χ2v) is 3.99. The molecule has 3 nitrogen and oxygen atoms in total. The van der Waals surface area contributed by atoms with Crippen LogP contribution in [0.5, 0.6) is 0 Å². The minimum atomic E-state index is -0.0796. The van der Waals surface area contributed by atoms with Crippen molar-refractivity contribution in [3.8, 4) is 0 Å². The van der Waals surface area contributed by atoms with E-state index >= 15 is 0 Å². The number of carbonyl (C=O) groups is 1. The topological polar surface area (TPSA) is 41.1 Å². The summed E-state index contributed by atoms with van der Waals surface area (Å²) in [6.45, 7) is 4.03. The molecular formula is C10H20N2O. The van der Waals surface area contributed by atoms with E-state index in [0.717, 1.165) is 19.3 Å². The first-order chi connectivity index (χ1) is 6.13. The van der Waals surface area contributed by atoms with E-state index in [2.05, 4.69) is 17.6 Å². The van der Waals surface area contributed by atoms with Gasteiger partial charge in [-0.05, 0) is 39.7 Å². The molecular weight excluding hydrogens is 164 g/mol. The molecule has 1 saturated carbocycles. The van der Waals surface area contributed by atoms with Crippen LogP contribution in [0.2, 0.25) is 0 Å². The highest BCUT2D eigenvalue weighted by Gasteiger charge is 2.36. The van der Waals surface area contributed by atoms with Crippen molar-refractivity contribution in [1.82, 2.24) is 10.6 Å². The largest absolute Gasteiger partial charge is 0.349 e. The Morgan fingerprint density at radius 3 is 2.46 bits per heavy atom. The maximum atomic E-state index is 11.6. The molecule has 0 aromatic rings. The molecule has 0 radical (unpaired) electrons. The minimum Gasteiger partial charge on any atom is -0.349 e. The lowest BCUT2D eigenvalue weighted by Gasteiger charge is -2.42. The van der Waals surface area contributed by atoms with E-state index < -0.39 is 0 Å². The van der Waals surface area contributed by atoms with E-state index in [9.17, 15) is 4.79 Å². The third kappa shape index (κ3) is 2.21. The van der Waals surface area contributed by atoms with Crippen molar-refractivity contribution in [3.05, 3.63) is 0 Å². The summed E-state index contributed by atoms with van der Waals surface area (Å²) in [5.41, 5.74) is 0.127. The highest BCUT2D eigenvalue weighted by atomic mass is 16.2. The number of rotatable bonds is 4. The first-order valence-electron chi connectivity index (χ1n) is 5.13. The van der Waals surface area contributed by atoms with Gasteiger partial charge in [0.15, 0.2) is 0 Å². The molecule has 1 aliphatic rings. The van der Waals surface area contributed by atoms with Crippen LogP contribution in [0.3, 0.4) is 0 Å². The molecule has 1 fully saturated rings. The van der Waals surface area contributed by atoms with Gasteiger partial charge in [0.05, 0.1) is 6.04 Å². The maximum Gasteiger partial charge on any atom is 0.237 e. The number of carbonyl (C=O) groups excluding carboxylic acids is 1. The van der Waals surface area contributed by atoms with Gasteiger partial charge < -0.3 is 10.6 Å². The lowest BCUT2D eigenvalue weighted by Crippen LogP contribution is -2.56. The van der Waals surface area contributed by atoms with E-state index in [-0.39, 0.29) is 17.5 Å². The van der Waals surface area contributed by atoms with Crippen molar-refractivity contribution in [3.63, 3.8) is 0 Å². The molecule has 0 aliphatic heterocycles. The molecule has 0 aromatic heterocycles. The average Bonchev–Trinajstić information content (AvgIpc) is 2.09. The summed E-state index contributed by atoms with van der Waals surface area (Å²) < 4.78 is 0. The Kier molecular flexibility index (Phi) is 3.31. The zero-order valence-electron chi connectivity index (χ0n) is 8.81. The molecule has 76 valence electrons. The fourth-order valence-corrected chi connectivity index (χ4v) is 1.67. The van der Waals surface area contributed by atoms with Gasteiger partial charge in [-0.25, -0.2) is 0 Å². The van der Waals surface area contributed by atoms with Crippen LogP contribution < -0.4 is 10.6 Å². The Hall–Kier alpha value is -0.570. The maximum absolute atomic E-state index is 11.6. The molecule has 3 heteroatoms. The third-order valence-electron chi connectivity index (χ3n) is 3.20. The highest BCUT2D eigenvalue weighted by Crippen LogP contribution is 2.34. The van der Waals surface area contributed by atoms with E-state index in [1.165, 1.54) is 6.42 Å². The van der Waals surface area contributed by atoms with Gasteiger partial charge in [-0.2, -0.15) is 0 Å². The Labute approximate surface area is 80.3 Å². The molecule has 0 saturated heterocycles. The van der Waals surface area contributed by atoms with Gasteiger partial charge in [0, 0.05) is 5.54 Å². The smallest absolute Gasteiger partial charge is 0.237 e. The summed E-state index contributed by atoms with van der Waals surface area (Å²) in [4.78, 5) is 11.6. The molecule has 0 heterocycles. The van der Waals surface area contributed by atoms with Crippen molar-refractivity contribution < 1.29 is 4.79 Å². The lowest BCUT2D eigenvalue weighted by molar-refractivity contribution is -0.125.